The summed E-state index contributed by atoms with van der Waals surface area (Å²) in [6.45, 7) is 1.34. The highest BCUT2D eigenvalue weighted by atomic mass is 35.5. The maximum absolute atomic E-state index is 12.0. The molecule has 0 aliphatic heterocycles. The SMILES string of the molecule is CC(=O)c1ccccc1OCCOC(=O)c1ccc(Cl)c(S(N)(=O)=O)c1. The molecule has 0 spiro atoms. The molecule has 0 fully saturated rings. The summed E-state index contributed by atoms with van der Waals surface area (Å²) in [5.74, 6) is -0.511. The Morgan fingerprint density at radius 3 is 2.46 bits per heavy atom. The largest absolute Gasteiger partial charge is 0.489 e. The monoisotopic (exact) mass is 397 g/mol. The van der Waals surface area contributed by atoms with Crippen LogP contribution in [0.25, 0.3) is 0 Å². The molecule has 7 nitrogen and oxygen atoms in total. The van der Waals surface area contributed by atoms with E-state index in [-0.39, 0.29) is 34.5 Å². The van der Waals surface area contributed by atoms with Gasteiger partial charge in [0, 0.05) is 0 Å². The van der Waals surface area contributed by atoms with Crippen LogP contribution >= 0.6 is 11.6 Å². The average Bonchev–Trinajstić information content (AvgIpc) is 2.58. The molecular formula is C17H16ClNO6S. The van der Waals surface area contributed by atoms with Crippen LogP contribution in [0.3, 0.4) is 0 Å². The van der Waals surface area contributed by atoms with Crippen molar-refractivity contribution in [3.63, 3.8) is 0 Å². The normalized spacial score (nSPS) is 11.0. The Bertz CT molecular complexity index is 942. The van der Waals surface area contributed by atoms with E-state index in [1.165, 1.54) is 19.1 Å². The molecule has 9 heteroatoms. The van der Waals surface area contributed by atoms with Gasteiger partial charge in [0.1, 0.15) is 23.9 Å². The van der Waals surface area contributed by atoms with E-state index in [0.29, 0.717) is 11.3 Å². The number of sulfonamides is 1. The molecule has 2 N–H and O–H groups in total. The van der Waals surface area contributed by atoms with E-state index in [1.807, 2.05) is 0 Å². The number of ketones is 1. The molecule has 0 heterocycles. The van der Waals surface area contributed by atoms with Gasteiger partial charge in [-0.25, -0.2) is 18.4 Å². The third-order valence-corrected chi connectivity index (χ3v) is 4.71. The summed E-state index contributed by atoms with van der Waals surface area (Å²) in [4.78, 5) is 23.1. The number of para-hydroxylation sites is 1. The predicted molar refractivity (Wildman–Crippen MR) is 95.0 cm³/mol. The van der Waals surface area contributed by atoms with Crippen LogP contribution in [0.1, 0.15) is 27.6 Å². The molecule has 0 aliphatic rings. The van der Waals surface area contributed by atoms with E-state index >= 15 is 0 Å². The lowest BCUT2D eigenvalue weighted by atomic mass is 10.1. The van der Waals surface area contributed by atoms with E-state index in [0.717, 1.165) is 6.07 Å². The Morgan fingerprint density at radius 2 is 1.81 bits per heavy atom. The maximum Gasteiger partial charge on any atom is 0.338 e. The number of nitrogens with two attached hydrogens (primary N) is 1. The van der Waals surface area contributed by atoms with Crippen molar-refractivity contribution in [1.82, 2.24) is 0 Å². The highest BCUT2D eigenvalue weighted by Crippen LogP contribution is 2.22. The van der Waals surface area contributed by atoms with Crippen molar-refractivity contribution in [2.45, 2.75) is 11.8 Å². The Labute approximate surface area is 155 Å². The highest BCUT2D eigenvalue weighted by molar-refractivity contribution is 7.89. The minimum atomic E-state index is -4.06. The second-order valence-electron chi connectivity index (χ2n) is 5.23. The van der Waals surface area contributed by atoms with Gasteiger partial charge < -0.3 is 9.47 Å². The van der Waals surface area contributed by atoms with E-state index < -0.39 is 16.0 Å². The third kappa shape index (κ3) is 5.04. The summed E-state index contributed by atoms with van der Waals surface area (Å²) in [6, 6.07) is 10.3. The van der Waals surface area contributed by atoms with Crippen molar-refractivity contribution in [1.29, 1.82) is 0 Å². The first kappa shape index (κ1) is 19.9. The fraction of sp³-hybridized carbons (Fsp3) is 0.176. The molecular weight excluding hydrogens is 382 g/mol. The number of primary sulfonamides is 1. The van der Waals surface area contributed by atoms with Gasteiger partial charge in [0.05, 0.1) is 16.1 Å². The van der Waals surface area contributed by atoms with Gasteiger partial charge in [-0.1, -0.05) is 23.7 Å². The van der Waals surface area contributed by atoms with Gasteiger partial charge in [-0.3, -0.25) is 4.79 Å². The number of hydrogen-bond acceptors (Lipinski definition) is 6. The lowest BCUT2D eigenvalue weighted by Gasteiger charge is -2.10. The summed E-state index contributed by atoms with van der Waals surface area (Å²) in [5.41, 5.74) is 0.414. The number of ether oxygens (including phenoxy) is 2. The second-order valence-corrected chi connectivity index (χ2v) is 7.16. The van der Waals surface area contributed by atoms with Crippen molar-refractivity contribution in [2.24, 2.45) is 5.14 Å². The van der Waals surface area contributed by atoms with Crippen LogP contribution in [0, 0.1) is 0 Å². The Kier molecular flexibility index (Phi) is 6.36. The van der Waals surface area contributed by atoms with Crippen molar-refractivity contribution in [2.75, 3.05) is 13.2 Å². The third-order valence-electron chi connectivity index (χ3n) is 3.31. The summed E-state index contributed by atoms with van der Waals surface area (Å²) >= 11 is 5.76. The van der Waals surface area contributed by atoms with Gasteiger partial charge in [0.15, 0.2) is 5.78 Å². The average molecular weight is 398 g/mol. The number of rotatable bonds is 7. The summed E-state index contributed by atoms with van der Waals surface area (Å²) in [6.07, 6.45) is 0. The minimum Gasteiger partial charge on any atom is -0.489 e. The van der Waals surface area contributed by atoms with Crippen molar-refractivity contribution < 1.29 is 27.5 Å². The number of benzene rings is 2. The molecule has 0 atom stereocenters. The van der Waals surface area contributed by atoms with Gasteiger partial charge >= 0.3 is 5.97 Å². The van der Waals surface area contributed by atoms with Gasteiger partial charge in [0.25, 0.3) is 0 Å². The molecule has 0 saturated heterocycles. The highest BCUT2D eigenvalue weighted by Gasteiger charge is 2.17. The van der Waals surface area contributed by atoms with E-state index in [9.17, 15) is 18.0 Å². The molecule has 0 aliphatic carbocycles. The molecule has 0 unspecified atom stereocenters. The molecule has 0 radical (unpaired) electrons. The molecule has 138 valence electrons. The Hall–Kier alpha value is -2.42. The van der Waals surface area contributed by atoms with E-state index in [1.54, 1.807) is 24.3 Å². The molecule has 0 aromatic heterocycles. The quantitative estimate of drug-likeness (QED) is 0.436. The Balaban J connectivity index is 1.97. The van der Waals surface area contributed by atoms with Gasteiger partial charge in [-0.05, 0) is 37.3 Å². The number of hydrogen-bond donors (Lipinski definition) is 1. The molecule has 0 bridgehead atoms. The zero-order valence-electron chi connectivity index (χ0n) is 13.8. The van der Waals surface area contributed by atoms with Gasteiger partial charge in [-0.15, -0.1) is 0 Å². The minimum absolute atomic E-state index is 0.0115. The standard InChI is InChI=1S/C17H16ClNO6S/c1-11(20)13-4-2-3-5-15(13)24-8-9-25-17(21)12-6-7-14(18)16(10-12)26(19,22)23/h2-7,10H,8-9H2,1H3,(H2,19,22,23). The lowest BCUT2D eigenvalue weighted by molar-refractivity contribution is 0.0449. The first-order valence-corrected chi connectivity index (χ1v) is 9.35. The van der Waals surface area contributed by atoms with Crippen LogP contribution in [0.15, 0.2) is 47.4 Å². The molecule has 2 aromatic rings. The van der Waals surface area contributed by atoms with Crippen molar-refractivity contribution in [3.8, 4) is 5.75 Å². The molecule has 0 amide bonds. The maximum atomic E-state index is 12.0. The summed E-state index contributed by atoms with van der Waals surface area (Å²) in [5, 5.41) is 4.95. The van der Waals surface area contributed by atoms with E-state index in [2.05, 4.69) is 0 Å². The molecule has 2 aromatic carbocycles. The second kappa shape index (κ2) is 8.31. The van der Waals surface area contributed by atoms with Crippen molar-refractivity contribution in [3.05, 3.63) is 58.6 Å². The number of carbonyl (C=O) groups is 2. The Morgan fingerprint density at radius 1 is 1.12 bits per heavy atom. The summed E-state index contributed by atoms with van der Waals surface area (Å²) < 4.78 is 33.3. The molecule has 0 saturated carbocycles. The topological polar surface area (TPSA) is 113 Å². The van der Waals surface area contributed by atoms with Gasteiger partial charge in [0.2, 0.25) is 10.0 Å². The van der Waals surface area contributed by atoms with Gasteiger partial charge in [-0.2, -0.15) is 0 Å². The number of esters is 1. The zero-order chi connectivity index (χ0) is 19.3. The van der Waals surface area contributed by atoms with Crippen LogP contribution in [0.4, 0.5) is 0 Å². The number of carbonyl (C=O) groups excluding carboxylic acids is 2. The molecule has 2 rings (SSSR count). The number of Topliss-reactive ketones (excluding diaryl/α,β-unsaturated/α-hetero) is 1. The summed E-state index contributed by atoms with van der Waals surface area (Å²) in [7, 11) is -4.06. The van der Waals surface area contributed by atoms with Crippen molar-refractivity contribution >= 4 is 33.4 Å². The van der Waals surface area contributed by atoms with Crippen LogP contribution < -0.4 is 9.88 Å². The fourth-order valence-corrected chi connectivity index (χ4v) is 3.17. The molecule has 26 heavy (non-hydrogen) atoms. The fourth-order valence-electron chi connectivity index (χ4n) is 2.10. The van der Waals surface area contributed by atoms with Crippen LogP contribution in [-0.2, 0) is 14.8 Å². The lowest BCUT2D eigenvalue weighted by Crippen LogP contribution is -2.16. The zero-order valence-corrected chi connectivity index (χ0v) is 15.3. The smallest absolute Gasteiger partial charge is 0.338 e. The van der Waals surface area contributed by atoms with Crippen LogP contribution in [-0.4, -0.2) is 33.4 Å². The number of halogens is 1. The first-order chi connectivity index (χ1) is 12.2. The van der Waals surface area contributed by atoms with Crippen LogP contribution in [0.2, 0.25) is 5.02 Å². The van der Waals surface area contributed by atoms with Crippen LogP contribution in [0.5, 0.6) is 5.75 Å². The van der Waals surface area contributed by atoms with E-state index in [4.69, 9.17) is 26.2 Å². The predicted octanol–water partition coefficient (Wildman–Crippen LogP) is 2.43. The first-order valence-electron chi connectivity index (χ1n) is 7.42.